The molecule has 0 spiro atoms. The van der Waals surface area contributed by atoms with Gasteiger partial charge in [0.25, 0.3) is 5.52 Å². The number of hydrogen-bond acceptors (Lipinski definition) is 3. The summed E-state index contributed by atoms with van der Waals surface area (Å²) >= 11 is 6.99. The number of rotatable bonds is 5. The van der Waals surface area contributed by atoms with E-state index in [-0.39, 0.29) is 0 Å². The maximum absolute atomic E-state index is 6.99. The topological polar surface area (TPSA) is 29.5 Å². The zero-order valence-corrected chi connectivity index (χ0v) is 24.1. The van der Waals surface area contributed by atoms with Crippen LogP contribution in [0.3, 0.4) is 0 Å². The number of ether oxygens (including phenoxy) is 1. The molecule has 204 valence electrons. The lowest BCUT2D eigenvalue weighted by molar-refractivity contribution is -0.674. The standard InChI is InChI=1S/C36H32ClN2O2/c1-3-38-30-20-26-10-5-7-12-28(26)22-32(30)40-34(38)18-16-24-14-9-15-25(36(24)37)17-19-35-39(4-2)31-21-27-11-6-8-13-29(27)23-33(31)41-35/h5-8,10-13,16-23H,3-4,9,14-15H2,1-2H3/q+1. The van der Waals surface area contributed by atoms with Crippen molar-refractivity contribution < 1.29 is 13.7 Å². The van der Waals surface area contributed by atoms with Gasteiger partial charge in [-0.05, 0) is 96.2 Å². The van der Waals surface area contributed by atoms with E-state index in [0.29, 0.717) is 0 Å². The molecule has 1 aromatic heterocycles. The lowest BCUT2D eigenvalue weighted by Crippen LogP contribution is -2.33. The Hall–Kier alpha value is -4.28. The maximum Gasteiger partial charge on any atom is 0.374 e. The van der Waals surface area contributed by atoms with Gasteiger partial charge in [0.1, 0.15) is 6.54 Å². The number of aryl methyl sites for hydroxylation is 1. The van der Waals surface area contributed by atoms with Gasteiger partial charge in [-0.1, -0.05) is 66.2 Å². The summed E-state index contributed by atoms with van der Waals surface area (Å²) in [6.07, 6.45) is 11.3. The summed E-state index contributed by atoms with van der Waals surface area (Å²) in [6.45, 7) is 5.94. The minimum absolute atomic E-state index is 0.818. The monoisotopic (exact) mass is 559 g/mol. The second-order valence-electron chi connectivity index (χ2n) is 10.6. The third-order valence-electron chi connectivity index (χ3n) is 8.14. The lowest BCUT2D eigenvalue weighted by atomic mass is 9.94. The summed E-state index contributed by atoms with van der Waals surface area (Å²) in [6, 6.07) is 25.5. The molecule has 2 aliphatic rings. The van der Waals surface area contributed by atoms with E-state index in [1.165, 1.54) is 21.5 Å². The first-order chi connectivity index (χ1) is 20.1. The summed E-state index contributed by atoms with van der Waals surface area (Å²) in [7, 11) is 0. The van der Waals surface area contributed by atoms with Crippen molar-refractivity contribution >= 4 is 56.0 Å². The summed E-state index contributed by atoms with van der Waals surface area (Å²) < 4.78 is 14.8. The molecule has 0 atom stereocenters. The Morgan fingerprint density at radius 1 is 0.854 bits per heavy atom. The van der Waals surface area contributed by atoms with Crippen LogP contribution in [0.25, 0.3) is 38.7 Å². The van der Waals surface area contributed by atoms with E-state index in [2.05, 4.69) is 120 Å². The van der Waals surface area contributed by atoms with Crippen LogP contribution >= 0.6 is 11.6 Å². The minimum atomic E-state index is 0.818. The van der Waals surface area contributed by atoms with Crippen molar-refractivity contribution in [1.29, 1.82) is 0 Å². The molecule has 0 N–H and O–H groups in total. The number of anilines is 1. The maximum atomic E-state index is 6.99. The van der Waals surface area contributed by atoms with Crippen LogP contribution in [0.15, 0.2) is 118 Å². The molecule has 0 radical (unpaired) electrons. The fourth-order valence-corrected chi connectivity index (χ4v) is 6.34. The van der Waals surface area contributed by atoms with Gasteiger partial charge in [-0.15, -0.1) is 0 Å². The number of fused-ring (bicyclic) bond motifs is 4. The van der Waals surface area contributed by atoms with Gasteiger partial charge >= 0.3 is 5.89 Å². The van der Waals surface area contributed by atoms with Gasteiger partial charge in [0.05, 0.1) is 11.8 Å². The summed E-state index contributed by atoms with van der Waals surface area (Å²) in [4.78, 5) is 2.22. The van der Waals surface area contributed by atoms with E-state index in [1.54, 1.807) is 0 Å². The second kappa shape index (κ2) is 10.6. The van der Waals surface area contributed by atoms with Crippen molar-refractivity contribution in [3.05, 3.63) is 119 Å². The minimum Gasteiger partial charge on any atom is -0.439 e. The molecule has 0 saturated carbocycles. The van der Waals surface area contributed by atoms with Crippen LogP contribution in [-0.4, -0.2) is 6.54 Å². The predicted molar refractivity (Wildman–Crippen MR) is 169 cm³/mol. The quantitative estimate of drug-likeness (QED) is 0.201. The molecule has 41 heavy (non-hydrogen) atoms. The Kier molecular flexibility index (Phi) is 6.64. The van der Waals surface area contributed by atoms with Crippen LogP contribution in [-0.2, 0) is 6.54 Å². The molecule has 0 fully saturated rings. The first-order valence-electron chi connectivity index (χ1n) is 14.4. The van der Waals surface area contributed by atoms with E-state index in [9.17, 15) is 0 Å². The first kappa shape index (κ1) is 25.7. The van der Waals surface area contributed by atoms with Crippen LogP contribution in [0.4, 0.5) is 5.69 Å². The Morgan fingerprint density at radius 2 is 1.56 bits per heavy atom. The molecule has 5 aromatic rings. The second-order valence-corrected chi connectivity index (χ2v) is 11.0. The van der Waals surface area contributed by atoms with Gasteiger partial charge in [-0.25, -0.2) is 0 Å². The highest BCUT2D eigenvalue weighted by atomic mass is 35.5. The number of allylic oxidation sites excluding steroid dienone is 6. The molecule has 7 rings (SSSR count). The highest BCUT2D eigenvalue weighted by Gasteiger charge is 2.26. The molecular formula is C36H32ClN2O2+. The summed E-state index contributed by atoms with van der Waals surface area (Å²) in [5, 5.41) is 5.60. The zero-order valence-electron chi connectivity index (χ0n) is 23.4. The van der Waals surface area contributed by atoms with Gasteiger partial charge in [0, 0.05) is 17.6 Å². The molecule has 4 aromatic carbocycles. The van der Waals surface area contributed by atoms with Crippen LogP contribution in [0.2, 0.25) is 0 Å². The number of hydrogen-bond donors (Lipinski definition) is 0. The number of benzene rings is 4. The van der Waals surface area contributed by atoms with Gasteiger partial charge in [-0.2, -0.15) is 4.57 Å². The third-order valence-corrected chi connectivity index (χ3v) is 8.63. The summed E-state index contributed by atoms with van der Waals surface area (Å²) in [5.41, 5.74) is 5.36. The fourth-order valence-electron chi connectivity index (χ4n) is 6.03. The van der Waals surface area contributed by atoms with Gasteiger partial charge in [-0.3, -0.25) is 0 Å². The van der Waals surface area contributed by atoms with Crippen molar-refractivity contribution in [2.24, 2.45) is 0 Å². The molecule has 0 bridgehead atoms. The molecule has 1 aliphatic heterocycles. The SMILES string of the molecule is CCN1/C(=C/C=C2\CCCC(/C=C/c3oc4cc5ccccc5cc4[n+]3CC)=C2Cl)Oc2cc3ccccc3cc21. The highest BCUT2D eigenvalue weighted by Crippen LogP contribution is 2.42. The molecule has 2 heterocycles. The Balaban J connectivity index is 1.19. The molecule has 5 heteroatoms. The molecule has 0 saturated heterocycles. The molecule has 4 nitrogen and oxygen atoms in total. The normalized spacial score (nSPS) is 17.6. The highest BCUT2D eigenvalue weighted by molar-refractivity contribution is 6.32. The van der Waals surface area contributed by atoms with Crippen LogP contribution < -0.4 is 14.2 Å². The van der Waals surface area contributed by atoms with E-state index in [0.717, 1.165) is 82.8 Å². The average Bonchev–Trinajstić information content (AvgIpc) is 3.53. The van der Waals surface area contributed by atoms with Crippen molar-refractivity contribution in [2.75, 3.05) is 11.4 Å². The van der Waals surface area contributed by atoms with Crippen LogP contribution in [0, 0.1) is 0 Å². The Morgan fingerprint density at radius 3 is 2.29 bits per heavy atom. The number of nitrogens with zero attached hydrogens (tertiary/aromatic N) is 2. The van der Waals surface area contributed by atoms with E-state index in [4.69, 9.17) is 20.8 Å². The van der Waals surface area contributed by atoms with Gasteiger partial charge in [0.2, 0.25) is 11.5 Å². The number of aromatic nitrogens is 1. The number of oxazole rings is 1. The molecule has 1 aliphatic carbocycles. The van der Waals surface area contributed by atoms with E-state index >= 15 is 0 Å². The van der Waals surface area contributed by atoms with Crippen molar-refractivity contribution in [1.82, 2.24) is 0 Å². The van der Waals surface area contributed by atoms with Crippen LogP contribution in [0.5, 0.6) is 5.75 Å². The van der Waals surface area contributed by atoms with Crippen LogP contribution in [0.1, 0.15) is 39.0 Å². The summed E-state index contributed by atoms with van der Waals surface area (Å²) in [5.74, 6) is 2.55. The van der Waals surface area contributed by atoms with Crippen molar-refractivity contribution in [3.8, 4) is 5.75 Å². The fraction of sp³-hybridized carbons (Fsp3) is 0.194. The van der Waals surface area contributed by atoms with Crippen molar-refractivity contribution in [3.63, 3.8) is 0 Å². The van der Waals surface area contributed by atoms with Crippen molar-refractivity contribution in [2.45, 2.75) is 39.7 Å². The largest absolute Gasteiger partial charge is 0.439 e. The lowest BCUT2D eigenvalue weighted by Gasteiger charge is -2.17. The third kappa shape index (κ3) is 4.62. The molecule has 0 unspecified atom stereocenters. The first-order valence-corrected chi connectivity index (χ1v) is 14.8. The Bertz CT molecular complexity index is 1940. The van der Waals surface area contributed by atoms with Gasteiger partial charge in [0.15, 0.2) is 5.75 Å². The van der Waals surface area contributed by atoms with Gasteiger partial charge < -0.3 is 14.1 Å². The molecular weight excluding hydrogens is 528 g/mol. The Labute approximate surface area is 245 Å². The van der Waals surface area contributed by atoms with E-state index in [1.807, 2.05) is 0 Å². The smallest absolute Gasteiger partial charge is 0.374 e. The number of halogens is 1. The molecule has 0 amide bonds. The average molecular weight is 560 g/mol. The van der Waals surface area contributed by atoms with E-state index < -0.39 is 0 Å². The zero-order chi connectivity index (χ0) is 27.9. The predicted octanol–water partition coefficient (Wildman–Crippen LogP) is 9.42.